The van der Waals surface area contributed by atoms with E-state index in [1.165, 1.54) is 0 Å². The molecule has 0 aliphatic carbocycles. The second-order valence-corrected chi connectivity index (χ2v) is 7.33. The minimum Gasteiger partial charge on any atom is -0.356 e. The lowest BCUT2D eigenvalue weighted by atomic mass is 10.2. The molecule has 0 radical (unpaired) electrons. The first kappa shape index (κ1) is 23.0. The lowest BCUT2D eigenvalue weighted by Gasteiger charge is -2.36. The topological polar surface area (TPSA) is 69.8 Å². The van der Waals surface area contributed by atoms with Gasteiger partial charge in [0.15, 0.2) is 11.8 Å². The van der Waals surface area contributed by atoms with Crippen LogP contribution in [0.25, 0.3) is 0 Å². The van der Waals surface area contributed by atoms with E-state index in [0.29, 0.717) is 29.2 Å². The first-order valence-electron chi connectivity index (χ1n) is 8.96. The van der Waals surface area contributed by atoms with Gasteiger partial charge in [0.2, 0.25) is 5.89 Å². The summed E-state index contributed by atoms with van der Waals surface area (Å²) in [6.45, 7) is 6.80. The molecular formula is C18H25BrFIN6O. The smallest absolute Gasteiger partial charge is 0.228 e. The number of hydrogen-bond acceptors (Lipinski definition) is 5. The van der Waals surface area contributed by atoms with E-state index in [4.69, 9.17) is 4.52 Å². The number of rotatable bonds is 5. The molecule has 0 spiro atoms. The Kier molecular flexibility index (Phi) is 9.09. The van der Waals surface area contributed by atoms with Gasteiger partial charge in [-0.25, -0.2) is 4.39 Å². The maximum absolute atomic E-state index is 13.7. The van der Waals surface area contributed by atoms with Gasteiger partial charge in [-0.1, -0.05) is 11.2 Å². The molecule has 10 heteroatoms. The largest absolute Gasteiger partial charge is 0.356 e. The number of halogens is 3. The Morgan fingerprint density at radius 3 is 2.68 bits per heavy atom. The first-order chi connectivity index (χ1) is 13.0. The van der Waals surface area contributed by atoms with Crippen LogP contribution in [0.15, 0.2) is 32.2 Å². The van der Waals surface area contributed by atoms with Crippen molar-refractivity contribution in [3.63, 3.8) is 0 Å². The standard InChI is InChI=1S/C18H24BrFN6O.HI/c1-13-23-17(27-24-13)5-6-22-18(21-2)26-9-7-25(8-10-26)12-14-3-4-15(19)16(20)11-14;/h3-4,11H,5-10,12H2,1-2H3,(H,21,22);1H. The second kappa shape index (κ2) is 11.1. The Balaban J connectivity index is 0.00000280. The number of hydrogen-bond donors (Lipinski definition) is 1. The zero-order valence-electron chi connectivity index (χ0n) is 16.0. The molecule has 1 aromatic carbocycles. The summed E-state index contributed by atoms with van der Waals surface area (Å²) in [6, 6.07) is 5.31. The summed E-state index contributed by atoms with van der Waals surface area (Å²) in [4.78, 5) is 13.1. The monoisotopic (exact) mass is 566 g/mol. The molecule has 0 unspecified atom stereocenters. The van der Waals surface area contributed by atoms with Crippen LogP contribution in [0.5, 0.6) is 0 Å². The lowest BCUT2D eigenvalue weighted by Crippen LogP contribution is -2.52. The number of aromatic nitrogens is 2. The van der Waals surface area contributed by atoms with Crippen molar-refractivity contribution in [2.75, 3.05) is 39.8 Å². The third-order valence-corrected chi connectivity index (χ3v) is 5.11. The van der Waals surface area contributed by atoms with E-state index in [-0.39, 0.29) is 29.8 Å². The number of nitrogens with one attached hydrogen (secondary N) is 1. The zero-order chi connectivity index (χ0) is 19.2. The summed E-state index contributed by atoms with van der Waals surface area (Å²) in [6.07, 6.45) is 0.662. The number of benzene rings is 1. The van der Waals surface area contributed by atoms with Gasteiger partial charge in [-0.2, -0.15) is 4.98 Å². The zero-order valence-corrected chi connectivity index (χ0v) is 19.9. The van der Waals surface area contributed by atoms with Gasteiger partial charge in [-0.3, -0.25) is 9.89 Å². The van der Waals surface area contributed by atoms with E-state index in [1.54, 1.807) is 19.2 Å². The van der Waals surface area contributed by atoms with Crippen molar-refractivity contribution in [3.8, 4) is 0 Å². The third kappa shape index (κ3) is 6.38. The Hall–Kier alpha value is -1.27. The van der Waals surface area contributed by atoms with Crippen molar-refractivity contribution in [2.45, 2.75) is 19.9 Å². The normalized spacial score (nSPS) is 15.4. The minimum atomic E-state index is -0.216. The number of guanidine groups is 1. The lowest BCUT2D eigenvalue weighted by molar-refractivity contribution is 0.172. The van der Waals surface area contributed by atoms with Gasteiger partial charge in [0.1, 0.15) is 5.82 Å². The second-order valence-electron chi connectivity index (χ2n) is 6.47. The predicted molar refractivity (Wildman–Crippen MR) is 120 cm³/mol. The van der Waals surface area contributed by atoms with Crippen LogP contribution in [0.1, 0.15) is 17.3 Å². The summed E-state index contributed by atoms with van der Waals surface area (Å²) in [5.41, 5.74) is 0.988. The fraction of sp³-hybridized carbons (Fsp3) is 0.500. The molecule has 2 heterocycles. The molecule has 1 aliphatic heterocycles. The molecule has 0 saturated carbocycles. The summed E-state index contributed by atoms with van der Waals surface area (Å²) in [5.74, 6) is 1.94. The van der Waals surface area contributed by atoms with Crippen LogP contribution in [-0.4, -0.2) is 65.7 Å². The maximum Gasteiger partial charge on any atom is 0.228 e. The van der Waals surface area contributed by atoms with Crippen molar-refractivity contribution >= 4 is 45.9 Å². The molecule has 1 N–H and O–H groups in total. The van der Waals surface area contributed by atoms with Crippen molar-refractivity contribution in [1.29, 1.82) is 0 Å². The van der Waals surface area contributed by atoms with Gasteiger partial charge < -0.3 is 14.7 Å². The van der Waals surface area contributed by atoms with Gasteiger partial charge in [0, 0.05) is 52.7 Å². The molecular weight excluding hydrogens is 542 g/mol. The van der Waals surface area contributed by atoms with Crippen LogP contribution in [-0.2, 0) is 13.0 Å². The Morgan fingerprint density at radius 2 is 2.07 bits per heavy atom. The van der Waals surface area contributed by atoms with Crippen LogP contribution < -0.4 is 5.32 Å². The molecule has 3 rings (SSSR count). The molecule has 154 valence electrons. The van der Waals surface area contributed by atoms with Gasteiger partial charge in [0.05, 0.1) is 4.47 Å². The molecule has 1 aromatic heterocycles. The van der Waals surface area contributed by atoms with E-state index in [0.717, 1.165) is 44.2 Å². The highest BCUT2D eigenvalue weighted by Gasteiger charge is 2.20. The van der Waals surface area contributed by atoms with Gasteiger partial charge in [-0.05, 0) is 40.5 Å². The van der Waals surface area contributed by atoms with Crippen LogP contribution in [0.2, 0.25) is 0 Å². The summed E-state index contributed by atoms with van der Waals surface area (Å²) in [5, 5.41) is 7.14. The molecule has 7 nitrogen and oxygen atoms in total. The fourth-order valence-electron chi connectivity index (χ4n) is 3.07. The van der Waals surface area contributed by atoms with Crippen LogP contribution in [0, 0.1) is 12.7 Å². The van der Waals surface area contributed by atoms with Gasteiger partial charge >= 0.3 is 0 Å². The number of aryl methyl sites for hydroxylation is 1. The van der Waals surface area contributed by atoms with E-state index in [2.05, 4.69) is 46.2 Å². The summed E-state index contributed by atoms with van der Waals surface area (Å²) in [7, 11) is 1.79. The van der Waals surface area contributed by atoms with E-state index < -0.39 is 0 Å². The van der Waals surface area contributed by atoms with Crippen molar-refractivity contribution in [2.24, 2.45) is 4.99 Å². The SMILES string of the molecule is CN=C(NCCc1nc(C)no1)N1CCN(Cc2ccc(Br)c(F)c2)CC1.I. The first-order valence-corrected chi connectivity index (χ1v) is 9.75. The molecule has 1 fully saturated rings. The molecule has 0 bridgehead atoms. The molecule has 28 heavy (non-hydrogen) atoms. The average molecular weight is 567 g/mol. The van der Waals surface area contributed by atoms with Crippen molar-refractivity contribution in [3.05, 3.63) is 45.8 Å². The molecule has 1 saturated heterocycles. The van der Waals surface area contributed by atoms with Gasteiger partial charge in [-0.15, -0.1) is 24.0 Å². The Morgan fingerprint density at radius 1 is 1.32 bits per heavy atom. The molecule has 0 atom stereocenters. The molecule has 2 aromatic rings. The summed E-state index contributed by atoms with van der Waals surface area (Å²) >= 11 is 3.19. The number of nitrogens with zero attached hydrogens (tertiary/aromatic N) is 5. The van der Waals surface area contributed by atoms with E-state index in [9.17, 15) is 4.39 Å². The van der Waals surface area contributed by atoms with Crippen molar-refractivity contribution in [1.82, 2.24) is 25.3 Å². The highest BCUT2D eigenvalue weighted by Crippen LogP contribution is 2.18. The maximum atomic E-state index is 13.7. The van der Waals surface area contributed by atoms with Crippen LogP contribution >= 0.6 is 39.9 Å². The molecule has 0 amide bonds. The number of piperazine rings is 1. The Labute approximate surface area is 189 Å². The van der Waals surface area contributed by atoms with E-state index >= 15 is 0 Å². The van der Waals surface area contributed by atoms with Gasteiger partial charge in [0.25, 0.3) is 0 Å². The summed E-state index contributed by atoms with van der Waals surface area (Å²) < 4.78 is 19.3. The average Bonchev–Trinajstić information content (AvgIpc) is 3.08. The van der Waals surface area contributed by atoms with E-state index in [1.807, 2.05) is 13.0 Å². The predicted octanol–water partition coefficient (Wildman–Crippen LogP) is 2.83. The Bertz CT molecular complexity index is 794. The molecule has 1 aliphatic rings. The van der Waals surface area contributed by atoms with Crippen LogP contribution in [0.3, 0.4) is 0 Å². The number of aliphatic imine (C=N–C) groups is 1. The minimum absolute atomic E-state index is 0. The fourth-order valence-corrected chi connectivity index (χ4v) is 3.32. The quantitative estimate of drug-likeness (QED) is 0.341. The third-order valence-electron chi connectivity index (χ3n) is 4.47. The van der Waals surface area contributed by atoms with Crippen LogP contribution in [0.4, 0.5) is 4.39 Å². The van der Waals surface area contributed by atoms with Crippen molar-refractivity contribution < 1.29 is 8.91 Å². The highest BCUT2D eigenvalue weighted by atomic mass is 127. The highest BCUT2D eigenvalue weighted by molar-refractivity contribution is 14.0.